The van der Waals surface area contributed by atoms with Crippen LogP contribution in [0.3, 0.4) is 0 Å². The topological polar surface area (TPSA) is 80.0 Å². The fourth-order valence-electron chi connectivity index (χ4n) is 1.87. The van der Waals surface area contributed by atoms with E-state index in [2.05, 4.69) is 27.7 Å². The number of carbonyl (C=O) groups is 1. The lowest BCUT2D eigenvalue weighted by atomic mass is 10.2. The molecule has 0 fully saturated rings. The predicted molar refractivity (Wildman–Crippen MR) is 92.5 cm³/mol. The van der Waals surface area contributed by atoms with Crippen molar-refractivity contribution in [3.05, 3.63) is 41.5 Å². The fraction of sp³-hybridized carbons (Fsp3) is 0.438. The van der Waals surface area contributed by atoms with Crippen LogP contribution in [0.15, 0.2) is 28.8 Å². The Kier molecular flexibility index (Phi) is 6.61. The van der Waals surface area contributed by atoms with E-state index in [9.17, 15) is 4.79 Å². The lowest BCUT2D eigenvalue weighted by Gasteiger charge is -2.05. The minimum absolute atomic E-state index is 0.0394. The van der Waals surface area contributed by atoms with Crippen LogP contribution in [0, 0.1) is 6.92 Å². The molecule has 0 bridgehead atoms. The van der Waals surface area contributed by atoms with Gasteiger partial charge in [0.25, 0.3) is 0 Å². The second-order valence-electron chi connectivity index (χ2n) is 5.41. The molecule has 1 heterocycles. The molecule has 2 N–H and O–H groups in total. The van der Waals surface area contributed by atoms with Gasteiger partial charge in [0.2, 0.25) is 11.8 Å². The van der Waals surface area contributed by atoms with Gasteiger partial charge in [-0.05, 0) is 33.0 Å². The van der Waals surface area contributed by atoms with Crippen LogP contribution in [0.25, 0.3) is 0 Å². The molecule has 2 rings (SSSR count). The summed E-state index contributed by atoms with van der Waals surface area (Å²) in [6.07, 6.45) is 0.721. The smallest absolute Gasteiger partial charge is 0.236 e. The number of amides is 1. The summed E-state index contributed by atoms with van der Waals surface area (Å²) in [5.74, 6) is 2.08. The van der Waals surface area contributed by atoms with Gasteiger partial charge in [0.1, 0.15) is 0 Å². The summed E-state index contributed by atoms with van der Waals surface area (Å²) in [5, 5.41) is 9.93. The quantitative estimate of drug-likeness (QED) is 0.772. The molecule has 6 nitrogen and oxygen atoms in total. The van der Waals surface area contributed by atoms with Crippen molar-refractivity contribution in [2.24, 2.45) is 0 Å². The molecular weight excluding hydrogens is 312 g/mol. The van der Waals surface area contributed by atoms with Crippen LogP contribution < -0.4 is 10.6 Å². The Morgan fingerprint density at radius 1 is 1.35 bits per heavy atom. The minimum Gasteiger partial charge on any atom is -0.338 e. The Hall–Kier alpha value is -1.86. The highest BCUT2D eigenvalue weighted by molar-refractivity contribution is 7.99. The molecule has 1 aromatic heterocycles. The molecule has 124 valence electrons. The standard InChI is InChI=1S/C16H22N4O2S/c1-11-4-6-13(7-5-11)18-15(21)9-23-10-16-19-14(20-22-16)8-12(2)17-3/h4-7,12,17H,8-10H2,1-3H3,(H,18,21). The number of rotatable bonds is 8. The van der Waals surface area contributed by atoms with Gasteiger partial charge in [0.15, 0.2) is 5.82 Å². The predicted octanol–water partition coefficient (Wildman–Crippen LogP) is 2.40. The van der Waals surface area contributed by atoms with E-state index in [-0.39, 0.29) is 5.91 Å². The van der Waals surface area contributed by atoms with E-state index in [4.69, 9.17) is 4.52 Å². The Bertz CT molecular complexity index is 627. The number of nitrogens with zero attached hydrogens (tertiary/aromatic N) is 2. The minimum atomic E-state index is -0.0394. The number of hydrogen-bond acceptors (Lipinski definition) is 6. The van der Waals surface area contributed by atoms with E-state index in [0.717, 1.165) is 17.7 Å². The maximum atomic E-state index is 11.9. The zero-order valence-corrected chi connectivity index (χ0v) is 14.4. The van der Waals surface area contributed by atoms with E-state index in [1.807, 2.05) is 38.2 Å². The third kappa shape index (κ3) is 6.03. The molecule has 7 heteroatoms. The molecular formula is C16H22N4O2S. The third-order valence-electron chi connectivity index (χ3n) is 3.29. The van der Waals surface area contributed by atoms with Crippen molar-refractivity contribution in [2.45, 2.75) is 32.1 Å². The summed E-state index contributed by atoms with van der Waals surface area (Å²) in [4.78, 5) is 16.2. The van der Waals surface area contributed by atoms with Gasteiger partial charge in [0.05, 0.1) is 11.5 Å². The highest BCUT2D eigenvalue weighted by atomic mass is 32.2. The van der Waals surface area contributed by atoms with Crippen molar-refractivity contribution >= 4 is 23.4 Å². The second kappa shape index (κ2) is 8.69. The van der Waals surface area contributed by atoms with E-state index in [1.165, 1.54) is 11.8 Å². The lowest BCUT2D eigenvalue weighted by molar-refractivity contribution is -0.113. The van der Waals surface area contributed by atoms with E-state index in [0.29, 0.717) is 29.3 Å². The van der Waals surface area contributed by atoms with Crippen molar-refractivity contribution in [3.8, 4) is 0 Å². The SMILES string of the molecule is CNC(C)Cc1noc(CSCC(=O)Nc2ccc(C)cc2)n1. The zero-order valence-electron chi connectivity index (χ0n) is 13.6. The monoisotopic (exact) mass is 334 g/mol. The molecule has 0 saturated heterocycles. The average molecular weight is 334 g/mol. The number of benzene rings is 1. The van der Waals surface area contributed by atoms with Crippen LogP contribution in [-0.4, -0.2) is 34.9 Å². The van der Waals surface area contributed by atoms with E-state index in [1.54, 1.807) is 0 Å². The second-order valence-corrected chi connectivity index (χ2v) is 6.39. The highest BCUT2D eigenvalue weighted by Crippen LogP contribution is 2.13. The first-order valence-electron chi connectivity index (χ1n) is 7.50. The maximum absolute atomic E-state index is 11.9. The van der Waals surface area contributed by atoms with Crippen molar-refractivity contribution < 1.29 is 9.32 Å². The first-order chi connectivity index (χ1) is 11.1. The van der Waals surface area contributed by atoms with Crippen molar-refractivity contribution in [1.29, 1.82) is 0 Å². The molecule has 0 aliphatic heterocycles. The van der Waals surface area contributed by atoms with Gasteiger partial charge in [-0.2, -0.15) is 4.98 Å². The van der Waals surface area contributed by atoms with Gasteiger partial charge < -0.3 is 15.2 Å². The van der Waals surface area contributed by atoms with Gasteiger partial charge in [-0.1, -0.05) is 22.9 Å². The van der Waals surface area contributed by atoms with Crippen LogP contribution in [0.4, 0.5) is 5.69 Å². The summed E-state index contributed by atoms with van der Waals surface area (Å²) in [5.41, 5.74) is 1.97. The van der Waals surface area contributed by atoms with Crippen LogP contribution in [0.2, 0.25) is 0 Å². The summed E-state index contributed by atoms with van der Waals surface area (Å²) in [6, 6.07) is 8.02. The molecule has 1 amide bonds. The van der Waals surface area contributed by atoms with Crippen molar-refractivity contribution in [2.75, 3.05) is 18.1 Å². The van der Waals surface area contributed by atoms with Gasteiger partial charge >= 0.3 is 0 Å². The molecule has 0 saturated carbocycles. The fourth-order valence-corrected chi connectivity index (χ4v) is 2.52. The van der Waals surface area contributed by atoms with Crippen LogP contribution in [0.1, 0.15) is 24.2 Å². The Morgan fingerprint density at radius 3 is 2.78 bits per heavy atom. The van der Waals surface area contributed by atoms with E-state index >= 15 is 0 Å². The maximum Gasteiger partial charge on any atom is 0.236 e. The Morgan fingerprint density at radius 2 is 2.09 bits per heavy atom. The van der Waals surface area contributed by atoms with Gasteiger partial charge in [-0.3, -0.25) is 4.79 Å². The highest BCUT2D eigenvalue weighted by Gasteiger charge is 2.10. The third-order valence-corrected chi connectivity index (χ3v) is 4.20. The van der Waals surface area contributed by atoms with E-state index < -0.39 is 0 Å². The number of anilines is 1. The summed E-state index contributed by atoms with van der Waals surface area (Å²) in [6.45, 7) is 4.07. The summed E-state index contributed by atoms with van der Waals surface area (Å²) >= 11 is 1.45. The molecule has 2 aromatic rings. The number of carbonyl (C=O) groups excluding carboxylic acids is 1. The molecule has 1 atom stereocenters. The van der Waals surface area contributed by atoms with Gasteiger partial charge in [-0.25, -0.2) is 0 Å². The largest absolute Gasteiger partial charge is 0.338 e. The molecule has 0 radical (unpaired) electrons. The first kappa shape index (κ1) is 17.5. The Balaban J connectivity index is 1.72. The Labute approximate surface area is 140 Å². The van der Waals surface area contributed by atoms with Crippen molar-refractivity contribution in [3.63, 3.8) is 0 Å². The average Bonchev–Trinajstić information content (AvgIpc) is 2.97. The first-order valence-corrected chi connectivity index (χ1v) is 8.65. The summed E-state index contributed by atoms with van der Waals surface area (Å²) in [7, 11) is 1.90. The molecule has 0 aliphatic rings. The molecule has 0 aliphatic carbocycles. The number of hydrogen-bond donors (Lipinski definition) is 2. The number of aromatic nitrogens is 2. The number of aryl methyl sites for hydroxylation is 1. The van der Waals surface area contributed by atoms with Crippen LogP contribution in [-0.2, 0) is 17.0 Å². The molecule has 0 spiro atoms. The molecule has 1 aromatic carbocycles. The van der Waals surface area contributed by atoms with Crippen LogP contribution >= 0.6 is 11.8 Å². The van der Waals surface area contributed by atoms with Crippen LogP contribution in [0.5, 0.6) is 0 Å². The summed E-state index contributed by atoms with van der Waals surface area (Å²) < 4.78 is 5.18. The number of thioether (sulfide) groups is 1. The van der Waals surface area contributed by atoms with Gasteiger partial charge in [0, 0.05) is 18.2 Å². The van der Waals surface area contributed by atoms with Gasteiger partial charge in [-0.15, -0.1) is 11.8 Å². The zero-order chi connectivity index (χ0) is 16.7. The molecule has 1 unspecified atom stereocenters. The normalized spacial score (nSPS) is 12.1. The number of likely N-dealkylation sites (N-methyl/N-ethyl adjacent to an activating group) is 1. The van der Waals surface area contributed by atoms with Crippen molar-refractivity contribution in [1.82, 2.24) is 15.5 Å². The molecule has 23 heavy (non-hydrogen) atoms. The lowest BCUT2D eigenvalue weighted by Crippen LogP contribution is -2.24. The number of nitrogens with one attached hydrogen (secondary N) is 2.